The molecule has 0 aromatic carbocycles. The first-order chi connectivity index (χ1) is 5.25. The van der Waals surface area contributed by atoms with Crippen molar-refractivity contribution in [3.8, 4) is 0 Å². The Morgan fingerprint density at radius 2 is 2.45 bits per heavy atom. The van der Waals surface area contributed by atoms with Crippen molar-refractivity contribution in [2.24, 2.45) is 0 Å². The highest BCUT2D eigenvalue weighted by Crippen LogP contribution is 2.23. The van der Waals surface area contributed by atoms with Crippen molar-refractivity contribution in [1.29, 1.82) is 0 Å². The van der Waals surface area contributed by atoms with Crippen LogP contribution in [-0.4, -0.2) is 7.05 Å². The first-order valence-corrected chi connectivity index (χ1v) is 4.49. The lowest BCUT2D eigenvalue weighted by molar-refractivity contribution is 0.691. The Labute approximate surface area is 71.8 Å². The van der Waals surface area contributed by atoms with Gasteiger partial charge in [-0.1, -0.05) is 18.2 Å². The fraction of sp³-hybridized carbons (Fsp3) is 0.333. The van der Waals surface area contributed by atoms with E-state index in [1.54, 1.807) is 11.3 Å². The van der Waals surface area contributed by atoms with Crippen LogP contribution in [0.4, 0.5) is 0 Å². The van der Waals surface area contributed by atoms with Crippen LogP contribution in [-0.2, 0) is 0 Å². The van der Waals surface area contributed by atoms with Gasteiger partial charge < -0.3 is 5.32 Å². The minimum atomic E-state index is 0.329. The average molecular weight is 167 g/mol. The highest BCUT2D eigenvalue weighted by atomic mass is 32.1. The van der Waals surface area contributed by atoms with Gasteiger partial charge in [-0.15, -0.1) is 11.3 Å². The normalized spacial score (nSPS) is 12.9. The molecule has 1 aromatic heterocycles. The van der Waals surface area contributed by atoms with E-state index in [0.717, 1.165) is 5.57 Å². The van der Waals surface area contributed by atoms with Gasteiger partial charge >= 0.3 is 0 Å². The summed E-state index contributed by atoms with van der Waals surface area (Å²) in [6.45, 7) is 5.97. The third-order valence-corrected chi connectivity index (χ3v) is 2.55. The molecular formula is C9H13NS. The Balaban J connectivity index is 2.79. The molecule has 60 valence electrons. The summed E-state index contributed by atoms with van der Waals surface area (Å²) in [4.78, 5) is 1.33. The predicted octanol–water partition coefficient (Wildman–Crippen LogP) is 2.58. The van der Waals surface area contributed by atoms with E-state index < -0.39 is 0 Å². The number of rotatable bonds is 3. The van der Waals surface area contributed by atoms with Gasteiger partial charge in [-0.2, -0.15) is 0 Å². The van der Waals surface area contributed by atoms with Crippen molar-refractivity contribution in [3.63, 3.8) is 0 Å². The van der Waals surface area contributed by atoms with Gasteiger partial charge in [0.25, 0.3) is 0 Å². The number of hydrogen-bond acceptors (Lipinski definition) is 2. The smallest absolute Gasteiger partial charge is 0.0622 e. The minimum Gasteiger partial charge on any atom is -0.309 e. The van der Waals surface area contributed by atoms with Gasteiger partial charge in [0.2, 0.25) is 0 Å². The van der Waals surface area contributed by atoms with E-state index >= 15 is 0 Å². The van der Waals surface area contributed by atoms with Crippen LogP contribution in [0, 0.1) is 0 Å². The highest BCUT2D eigenvalue weighted by Gasteiger charge is 2.09. The summed E-state index contributed by atoms with van der Waals surface area (Å²) in [5, 5.41) is 5.30. The molecule has 0 radical (unpaired) electrons. The molecule has 1 atom stereocenters. The zero-order valence-corrected chi connectivity index (χ0v) is 7.74. The Morgan fingerprint density at radius 3 is 2.82 bits per heavy atom. The first-order valence-electron chi connectivity index (χ1n) is 3.61. The fourth-order valence-electron chi connectivity index (χ4n) is 1.09. The van der Waals surface area contributed by atoms with Crippen LogP contribution in [0.5, 0.6) is 0 Å². The van der Waals surface area contributed by atoms with Crippen LogP contribution in [0.3, 0.4) is 0 Å². The largest absolute Gasteiger partial charge is 0.309 e. The molecular weight excluding hydrogens is 154 g/mol. The molecule has 11 heavy (non-hydrogen) atoms. The Hall–Kier alpha value is -0.600. The number of thiophene rings is 1. The molecule has 1 unspecified atom stereocenters. The average Bonchev–Trinajstić information content (AvgIpc) is 2.40. The summed E-state index contributed by atoms with van der Waals surface area (Å²) in [6.07, 6.45) is 0. The fourth-order valence-corrected chi connectivity index (χ4v) is 2.01. The molecule has 1 aromatic rings. The quantitative estimate of drug-likeness (QED) is 0.682. The van der Waals surface area contributed by atoms with Crippen molar-refractivity contribution in [2.45, 2.75) is 13.0 Å². The summed E-state index contributed by atoms with van der Waals surface area (Å²) < 4.78 is 0. The standard InChI is InChI=1S/C9H13NS/c1-7(2)9(10-3)8-5-4-6-11-8/h4-6,9-10H,1H2,2-3H3. The molecule has 0 amide bonds. The maximum atomic E-state index is 3.93. The van der Waals surface area contributed by atoms with Crippen molar-refractivity contribution in [2.75, 3.05) is 7.05 Å². The van der Waals surface area contributed by atoms with Gasteiger partial charge in [0.05, 0.1) is 6.04 Å². The second-order valence-corrected chi connectivity index (χ2v) is 3.56. The number of hydrogen-bond donors (Lipinski definition) is 1. The minimum absolute atomic E-state index is 0.329. The second kappa shape index (κ2) is 3.69. The summed E-state index contributed by atoms with van der Waals surface area (Å²) in [6, 6.07) is 4.52. The number of nitrogens with one attached hydrogen (secondary N) is 1. The lowest BCUT2D eigenvalue weighted by Crippen LogP contribution is -2.15. The van der Waals surface area contributed by atoms with Crippen molar-refractivity contribution >= 4 is 11.3 Å². The molecule has 0 aliphatic heterocycles. The Kier molecular flexibility index (Phi) is 2.85. The third kappa shape index (κ3) is 1.91. The molecule has 0 aliphatic carbocycles. The van der Waals surface area contributed by atoms with E-state index in [2.05, 4.69) is 29.4 Å². The monoisotopic (exact) mass is 167 g/mol. The first kappa shape index (κ1) is 8.50. The van der Waals surface area contributed by atoms with E-state index in [0.29, 0.717) is 6.04 Å². The predicted molar refractivity (Wildman–Crippen MR) is 50.9 cm³/mol. The van der Waals surface area contributed by atoms with Crippen molar-refractivity contribution in [1.82, 2.24) is 5.32 Å². The molecule has 2 heteroatoms. The lowest BCUT2D eigenvalue weighted by atomic mass is 10.1. The van der Waals surface area contributed by atoms with Gasteiger partial charge in [0.15, 0.2) is 0 Å². The summed E-state index contributed by atoms with van der Waals surface area (Å²) >= 11 is 1.76. The zero-order chi connectivity index (χ0) is 8.27. The molecule has 0 spiro atoms. The van der Waals surface area contributed by atoms with Crippen LogP contribution in [0.2, 0.25) is 0 Å². The van der Waals surface area contributed by atoms with Crippen molar-refractivity contribution in [3.05, 3.63) is 34.5 Å². The topological polar surface area (TPSA) is 12.0 Å². The molecule has 0 saturated heterocycles. The summed E-state index contributed by atoms with van der Waals surface area (Å²) in [5.74, 6) is 0. The molecule has 0 saturated carbocycles. The summed E-state index contributed by atoms with van der Waals surface area (Å²) in [7, 11) is 1.96. The molecule has 0 fully saturated rings. The molecule has 1 heterocycles. The third-order valence-electron chi connectivity index (χ3n) is 1.61. The van der Waals surface area contributed by atoms with Gasteiger partial charge in [-0.3, -0.25) is 0 Å². The van der Waals surface area contributed by atoms with E-state index in [4.69, 9.17) is 0 Å². The maximum absolute atomic E-state index is 3.93. The van der Waals surface area contributed by atoms with Crippen LogP contribution >= 0.6 is 11.3 Å². The summed E-state index contributed by atoms with van der Waals surface area (Å²) in [5.41, 5.74) is 1.16. The molecule has 1 N–H and O–H groups in total. The van der Waals surface area contributed by atoms with E-state index in [-0.39, 0.29) is 0 Å². The maximum Gasteiger partial charge on any atom is 0.0622 e. The molecule has 1 nitrogen and oxygen atoms in total. The lowest BCUT2D eigenvalue weighted by Gasteiger charge is -2.13. The molecule has 0 aliphatic rings. The van der Waals surface area contributed by atoms with Crippen LogP contribution in [0.25, 0.3) is 0 Å². The van der Waals surface area contributed by atoms with Gasteiger partial charge in [-0.05, 0) is 25.4 Å². The zero-order valence-electron chi connectivity index (χ0n) is 6.92. The van der Waals surface area contributed by atoms with E-state index in [9.17, 15) is 0 Å². The van der Waals surface area contributed by atoms with Crippen LogP contribution in [0.15, 0.2) is 29.7 Å². The van der Waals surface area contributed by atoms with Gasteiger partial charge in [0, 0.05) is 4.88 Å². The second-order valence-electron chi connectivity index (χ2n) is 2.58. The van der Waals surface area contributed by atoms with E-state index in [1.807, 2.05) is 14.0 Å². The van der Waals surface area contributed by atoms with E-state index in [1.165, 1.54) is 4.88 Å². The van der Waals surface area contributed by atoms with Crippen LogP contribution < -0.4 is 5.32 Å². The Bertz CT molecular complexity index is 226. The van der Waals surface area contributed by atoms with Crippen LogP contribution in [0.1, 0.15) is 17.8 Å². The molecule has 1 rings (SSSR count). The Morgan fingerprint density at radius 1 is 1.73 bits per heavy atom. The SMILES string of the molecule is C=C(C)C(NC)c1cccs1. The van der Waals surface area contributed by atoms with Gasteiger partial charge in [-0.25, -0.2) is 0 Å². The number of likely N-dealkylation sites (N-methyl/N-ethyl adjacent to an activating group) is 1. The molecule has 0 bridgehead atoms. The van der Waals surface area contributed by atoms with Gasteiger partial charge in [0.1, 0.15) is 0 Å². The van der Waals surface area contributed by atoms with Crippen molar-refractivity contribution < 1.29 is 0 Å². The highest BCUT2D eigenvalue weighted by molar-refractivity contribution is 7.10.